The van der Waals surface area contributed by atoms with Crippen molar-refractivity contribution in [2.24, 2.45) is 5.73 Å². The van der Waals surface area contributed by atoms with Gasteiger partial charge in [-0.1, -0.05) is 15.9 Å². The smallest absolute Gasteiger partial charge is 0.305 e. The second kappa shape index (κ2) is 6.95. The van der Waals surface area contributed by atoms with Crippen LogP contribution in [0.1, 0.15) is 31.4 Å². The van der Waals surface area contributed by atoms with E-state index in [1.165, 1.54) is 0 Å². The van der Waals surface area contributed by atoms with Gasteiger partial charge in [-0.25, -0.2) is 0 Å². The molecule has 0 radical (unpaired) electrons. The van der Waals surface area contributed by atoms with Gasteiger partial charge < -0.3 is 19.9 Å². The van der Waals surface area contributed by atoms with E-state index in [0.717, 1.165) is 10.0 Å². The van der Waals surface area contributed by atoms with Gasteiger partial charge in [-0.3, -0.25) is 4.79 Å². The SMILES string of the molecule is CCOC(=O)CCC(N)c1cc2c(cc1Br)OCCO2. The molecule has 0 amide bonds. The summed E-state index contributed by atoms with van der Waals surface area (Å²) in [5.41, 5.74) is 7.04. The summed E-state index contributed by atoms with van der Waals surface area (Å²) in [6, 6.07) is 3.47. The molecule has 0 aliphatic carbocycles. The normalized spacial score (nSPS) is 14.8. The first-order valence-corrected chi connectivity index (χ1v) is 7.41. The Morgan fingerprint density at radius 3 is 2.70 bits per heavy atom. The number of rotatable bonds is 5. The maximum Gasteiger partial charge on any atom is 0.305 e. The number of benzene rings is 1. The second-order valence-corrected chi connectivity index (χ2v) is 5.32. The van der Waals surface area contributed by atoms with Crippen LogP contribution in [0.25, 0.3) is 0 Å². The third-order valence-electron chi connectivity index (χ3n) is 3.03. The molecule has 2 rings (SSSR count). The van der Waals surface area contributed by atoms with Gasteiger partial charge >= 0.3 is 5.97 Å². The Bertz CT molecular complexity index is 492. The molecule has 0 fully saturated rings. The van der Waals surface area contributed by atoms with Gasteiger partial charge in [0.25, 0.3) is 0 Å². The number of hydrogen-bond donors (Lipinski definition) is 1. The zero-order chi connectivity index (χ0) is 14.5. The topological polar surface area (TPSA) is 70.8 Å². The average molecular weight is 344 g/mol. The van der Waals surface area contributed by atoms with Gasteiger partial charge in [0, 0.05) is 16.9 Å². The molecule has 0 saturated heterocycles. The lowest BCUT2D eigenvalue weighted by Gasteiger charge is -2.21. The van der Waals surface area contributed by atoms with E-state index in [9.17, 15) is 4.79 Å². The minimum absolute atomic E-state index is 0.225. The molecule has 1 aromatic rings. The van der Waals surface area contributed by atoms with Crippen molar-refractivity contribution in [2.75, 3.05) is 19.8 Å². The van der Waals surface area contributed by atoms with E-state index in [1.54, 1.807) is 6.92 Å². The predicted molar refractivity (Wildman–Crippen MR) is 77.9 cm³/mol. The van der Waals surface area contributed by atoms with Crippen molar-refractivity contribution in [3.63, 3.8) is 0 Å². The first-order chi connectivity index (χ1) is 9.61. The fourth-order valence-electron chi connectivity index (χ4n) is 2.03. The van der Waals surface area contributed by atoms with Crippen LogP contribution in [0.15, 0.2) is 16.6 Å². The van der Waals surface area contributed by atoms with Crippen LogP contribution in [0.5, 0.6) is 11.5 Å². The van der Waals surface area contributed by atoms with E-state index in [1.807, 2.05) is 12.1 Å². The van der Waals surface area contributed by atoms with Gasteiger partial charge in [0.15, 0.2) is 11.5 Å². The molecule has 1 aliphatic heterocycles. The number of fused-ring (bicyclic) bond motifs is 1. The third-order valence-corrected chi connectivity index (χ3v) is 3.71. The summed E-state index contributed by atoms with van der Waals surface area (Å²) in [5.74, 6) is 1.18. The molecule has 0 spiro atoms. The lowest BCUT2D eigenvalue weighted by atomic mass is 10.0. The minimum Gasteiger partial charge on any atom is -0.486 e. The van der Waals surface area contributed by atoms with Gasteiger partial charge in [0.2, 0.25) is 0 Å². The van der Waals surface area contributed by atoms with E-state index < -0.39 is 0 Å². The molecule has 0 saturated carbocycles. The molecule has 1 unspecified atom stereocenters. The van der Waals surface area contributed by atoms with Crippen LogP contribution in [-0.2, 0) is 9.53 Å². The summed E-state index contributed by atoms with van der Waals surface area (Å²) in [7, 11) is 0. The van der Waals surface area contributed by atoms with Crippen molar-refractivity contribution in [2.45, 2.75) is 25.8 Å². The van der Waals surface area contributed by atoms with E-state index in [-0.39, 0.29) is 12.0 Å². The van der Waals surface area contributed by atoms with Gasteiger partial charge in [0.05, 0.1) is 6.61 Å². The Hall–Kier alpha value is -1.27. The van der Waals surface area contributed by atoms with Crippen LogP contribution in [0.3, 0.4) is 0 Å². The summed E-state index contributed by atoms with van der Waals surface area (Å²) in [6.45, 7) is 3.26. The highest BCUT2D eigenvalue weighted by Gasteiger charge is 2.19. The Kier molecular flexibility index (Phi) is 5.25. The number of carbonyl (C=O) groups is 1. The summed E-state index contributed by atoms with van der Waals surface area (Å²) >= 11 is 3.48. The zero-order valence-corrected chi connectivity index (χ0v) is 12.9. The standard InChI is InChI=1S/C14H18BrNO4/c1-2-18-14(17)4-3-11(16)9-7-12-13(8-10(9)15)20-6-5-19-12/h7-8,11H,2-6,16H2,1H3. The number of carbonyl (C=O) groups excluding carboxylic acids is 1. The first kappa shape index (κ1) is 15.1. The molecule has 0 bridgehead atoms. The van der Waals surface area contributed by atoms with Crippen molar-refractivity contribution >= 4 is 21.9 Å². The largest absolute Gasteiger partial charge is 0.486 e. The third kappa shape index (κ3) is 3.64. The monoisotopic (exact) mass is 343 g/mol. The van der Waals surface area contributed by atoms with Crippen LogP contribution < -0.4 is 15.2 Å². The van der Waals surface area contributed by atoms with E-state index in [4.69, 9.17) is 19.9 Å². The Balaban J connectivity index is 2.05. The number of halogens is 1. The summed E-state index contributed by atoms with van der Waals surface area (Å²) in [4.78, 5) is 11.4. The van der Waals surface area contributed by atoms with Crippen LogP contribution >= 0.6 is 15.9 Å². The van der Waals surface area contributed by atoms with E-state index in [0.29, 0.717) is 44.2 Å². The van der Waals surface area contributed by atoms with Crippen molar-refractivity contribution in [1.29, 1.82) is 0 Å². The van der Waals surface area contributed by atoms with Crippen LogP contribution in [0.4, 0.5) is 0 Å². The minimum atomic E-state index is -0.260. The van der Waals surface area contributed by atoms with Crippen LogP contribution in [-0.4, -0.2) is 25.8 Å². The van der Waals surface area contributed by atoms with Gasteiger partial charge in [-0.15, -0.1) is 0 Å². The highest BCUT2D eigenvalue weighted by molar-refractivity contribution is 9.10. The number of esters is 1. The number of hydrogen-bond acceptors (Lipinski definition) is 5. The maximum atomic E-state index is 11.4. The molecule has 1 aromatic carbocycles. The first-order valence-electron chi connectivity index (χ1n) is 6.62. The lowest BCUT2D eigenvalue weighted by Crippen LogP contribution is -2.18. The fourth-order valence-corrected chi connectivity index (χ4v) is 2.64. The highest BCUT2D eigenvalue weighted by atomic mass is 79.9. The predicted octanol–water partition coefficient (Wildman–Crippen LogP) is 2.56. The second-order valence-electron chi connectivity index (χ2n) is 4.47. The summed E-state index contributed by atoms with van der Waals surface area (Å²) in [5, 5.41) is 0. The fraction of sp³-hybridized carbons (Fsp3) is 0.500. The molecule has 6 heteroatoms. The molecular weight excluding hydrogens is 326 g/mol. The molecule has 2 N–H and O–H groups in total. The molecule has 1 atom stereocenters. The molecule has 1 aliphatic rings. The van der Waals surface area contributed by atoms with Gasteiger partial charge in [-0.05, 0) is 31.0 Å². The van der Waals surface area contributed by atoms with Crippen LogP contribution in [0, 0.1) is 0 Å². The van der Waals surface area contributed by atoms with Crippen molar-refractivity contribution in [3.05, 3.63) is 22.2 Å². The molecule has 0 aromatic heterocycles. The number of ether oxygens (including phenoxy) is 3. The van der Waals surface area contributed by atoms with Crippen LogP contribution in [0.2, 0.25) is 0 Å². The molecule has 20 heavy (non-hydrogen) atoms. The molecule has 110 valence electrons. The zero-order valence-electron chi connectivity index (χ0n) is 11.4. The van der Waals surface area contributed by atoms with E-state index >= 15 is 0 Å². The Morgan fingerprint density at radius 1 is 1.40 bits per heavy atom. The Labute approximate surface area is 126 Å². The number of nitrogens with two attached hydrogens (primary N) is 1. The van der Waals surface area contributed by atoms with Crippen molar-refractivity contribution in [3.8, 4) is 11.5 Å². The summed E-state index contributed by atoms with van der Waals surface area (Å²) < 4.78 is 16.8. The quantitative estimate of drug-likeness (QED) is 0.832. The summed E-state index contributed by atoms with van der Waals surface area (Å²) in [6.07, 6.45) is 0.826. The van der Waals surface area contributed by atoms with Crippen molar-refractivity contribution in [1.82, 2.24) is 0 Å². The van der Waals surface area contributed by atoms with E-state index in [2.05, 4.69) is 15.9 Å². The molecule has 1 heterocycles. The van der Waals surface area contributed by atoms with Gasteiger partial charge in [0.1, 0.15) is 13.2 Å². The molecular formula is C14H18BrNO4. The average Bonchev–Trinajstić information content (AvgIpc) is 2.44. The van der Waals surface area contributed by atoms with Gasteiger partial charge in [-0.2, -0.15) is 0 Å². The van der Waals surface area contributed by atoms with Crippen molar-refractivity contribution < 1.29 is 19.0 Å². The highest BCUT2D eigenvalue weighted by Crippen LogP contribution is 2.38. The maximum absolute atomic E-state index is 11.4. The molecule has 5 nitrogen and oxygen atoms in total. The Morgan fingerprint density at radius 2 is 2.05 bits per heavy atom. The lowest BCUT2D eigenvalue weighted by molar-refractivity contribution is -0.143.